The molecule has 0 radical (unpaired) electrons. The molecule has 3 rings (SSSR count). The van der Waals surface area contributed by atoms with Gasteiger partial charge >= 0.3 is 0 Å². The number of carbonyl (C=O) groups is 1. The molecule has 2 aromatic carbocycles. The fourth-order valence-electron chi connectivity index (χ4n) is 2.49. The van der Waals surface area contributed by atoms with Gasteiger partial charge in [-0.25, -0.2) is 10.1 Å². The molecule has 7 heteroatoms. The highest BCUT2D eigenvalue weighted by Crippen LogP contribution is 2.17. The fourth-order valence-corrected chi connectivity index (χ4v) is 2.81. The number of nitrogens with zero attached hydrogens (tertiary/aromatic N) is 2. The third-order valence-corrected chi connectivity index (χ3v) is 4.17. The van der Waals surface area contributed by atoms with Gasteiger partial charge < -0.3 is 0 Å². The number of aryl methyl sites for hydroxylation is 2. The van der Waals surface area contributed by atoms with Crippen LogP contribution in [0.3, 0.4) is 0 Å². The van der Waals surface area contributed by atoms with Crippen LogP contribution in [0.15, 0.2) is 58.4 Å². The first-order chi connectivity index (χ1) is 12.5. The van der Waals surface area contributed by atoms with Gasteiger partial charge in [-0.05, 0) is 43.7 Å². The van der Waals surface area contributed by atoms with Crippen LogP contribution in [-0.4, -0.2) is 21.9 Å². The van der Waals surface area contributed by atoms with E-state index in [4.69, 9.17) is 11.6 Å². The van der Waals surface area contributed by atoms with Crippen molar-refractivity contribution in [3.05, 3.63) is 86.3 Å². The number of hydrogen-bond donors (Lipinski definition) is 2. The van der Waals surface area contributed by atoms with Crippen molar-refractivity contribution in [2.24, 2.45) is 5.10 Å². The third-order valence-electron chi connectivity index (χ3n) is 3.86. The predicted octanol–water partition coefficient (Wildman–Crippen LogP) is 3.20. The summed E-state index contributed by atoms with van der Waals surface area (Å²) >= 11 is 6.07. The van der Waals surface area contributed by atoms with Crippen LogP contribution in [0.4, 0.5) is 0 Å². The number of amides is 1. The molecule has 0 aliphatic carbocycles. The molecule has 2 N–H and O–H groups in total. The molecule has 3 aromatic rings. The molecule has 0 aliphatic heterocycles. The number of H-pyrrole nitrogens is 1. The van der Waals surface area contributed by atoms with Crippen LogP contribution >= 0.6 is 11.6 Å². The number of halogens is 1. The van der Waals surface area contributed by atoms with Crippen LogP contribution in [0.2, 0.25) is 5.02 Å². The maximum atomic E-state index is 12.5. The highest BCUT2D eigenvalue weighted by molar-refractivity contribution is 6.33. The lowest BCUT2D eigenvalue weighted by Crippen LogP contribution is -2.20. The van der Waals surface area contributed by atoms with Gasteiger partial charge in [0.15, 0.2) is 0 Å². The maximum absolute atomic E-state index is 12.5. The highest BCUT2D eigenvalue weighted by Gasteiger charge is 2.12. The van der Waals surface area contributed by atoms with Crippen LogP contribution in [0.1, 0.15) is 27.2 Å². The molecule has 0 atom stereocenters. The van der Waals surface area contributed by atoms with E-state index < -0.39 is 5.91 Å². The van der Waals surface area contributed by atoms with Gasteiger partial charge in [0.05, 0.1) is 28.1 Å². The SMILES string of the molecule is Cc1ccc(C(=O)N/N=C/c2c(C)[nH]n(-c3ccccc3)c2=O)c(Cl)c1. The summed E-state index contributed by atoms with van der Waals surface area (Å²) in [6.07, 6.45) is 1.33. The Kier molecular flexibility index (Phi) is 5.04. The number of benzene rings is 2. The van der Waals surface area contributed by atoms with E-state index in [1.807, 2.05) is 37.3 Å². The first-order valence-corrected chi connectivity index (χ1v) is 8.32. The minimum atomic E-state index is -0.442. The number of para-hydroxylation sites is 1. The minimum Gasteiger partial charge on any atom is -0.295 e. The number of hydrazone groups is 1. The van der Waals surface area contributed by atoms with Gasteiger partial charge in [0.1, 0.15) is 0 Å². The molecule has 0 unspecified atom stereocenters. The van der Waals surface area contributed by atoms with Gasteiger partial charge in [-0.3, -0.25) is 14.7 Å². The van der Waals surface area contributed by atoms with Crippen molar-refractivity contribution in [1.82, 2.24) is 15.2 Å². The Hall–Kier alpha value is -3.12. The van der Waals surface area contributed by atoms with Crippen molar-refractivity contribution in [2.45, 2.75) is 13.8 Å². The van der Waals surface area contributed by atoms with Crippen molar-refractivity contribution in [3.8, 4) is 5.69 Å². The Balaban J connectivity index is 1.80. The lowest BCUT2D eigenvalue weighted by Gasteiger charge is -2.03. The Morgan fingerprint density at radius 2 is 1.92 bits per heavy atom. The summed E-state index contributed by atoms with van der Waals surface area (Å²) in [5, 5.41) is 7.24. The second-order valence-electron chi connectivity index (χ2n) is 5.81. The summed E-state index contributed by atoms with van der Waals surface area (Å²) in [5.74, 6) is -0.442. The molecule has 0 saturated heterocycles. The quantitative estimate of drug-likeness (QED) is 0.548. The minimum absolute atomic E-state index is 0.250. The van der Waals surface area contributed by atoms with Crippen LogP contribution in [-0.2, 0) is 0 Å². The van der Waals surface area contributed by atoms with Crippen molar-refractivity contribution in [2.75, 3.05) is 0 Å². The standard InChI is InChI=1S/C19H17ClN4O2/c1-12-8-9-15(17(20)10-12)18(25)22-21-11-16-13(2)23-24(19(16)26)14-6-4-3-5-7-14/h3-11,23H,1-2H3,(H,22,25)/b21-11+. The zero-order valence-electron chi connectivity index (χ0n) is 14.3. The Bertz CT molecular complexity index is 1040. The molecule has 6 nitrogen and oxygen atoms in total. The van der Waals surface area contributed by atoms with Crippen LogP contribution in [0.25, 0.3) is 5.69 Å². The molecule has 0 fully saturated rings. The summed E-state index contributed by atoms with van der Waals surface area (Å²) in [4.78, 5) is 24.7. The second-order valence-corrected chi connectivity index (χ2v) is 6.22. The number of aromatic nitrogens is 2. The molecule has 132 valence electrons. The first-order valence-electron chi connectivity index (χ1n) is 7.94. The molecule has 0 bridgehead atoms. The van der Waals surface area contributed by atoms with Gasteiger partial charge in [-0.15, -0.1) is 0 Å². The topological polar surface area (TPSA) is 79.2 Å². The molecule has 0 saturated carbocycles. The highest BCUT2D eigenvalue weighted by atomic mass is 35.5. The second kappa shape index (κ2) is 7.41. The van der Waals surface area contributed by atoms with Crippen molar-refractivity contribution in [1.29, 1.82) is 0 Å². The van der Waals surface area contributed by atoms with Gasteiger partial charge in [-0.2, -0.15) is 5.10 Å². The molecule has 1 heterocycles. The van der Waals surface area contributed by atoms with E-state index in [1.54, 1.807) is 25.1 Å². The Labute approximate surface area is 155 Å². The van der Waals surface area contributed by atoms with E-state index in [1.165, 1.54) is 10.9 Å². The lowest BCUT2D eigenvalue weighted by molar-refractivity contribution is 0.0955. The average Bonchev–Trinajstić information content (AvgIpc) is 2.90. The summed E-state index contributed by atoms with van der Waals surface area (Å²) in [6.45, 7) is 3.65. The number of rotatable bonds is 4. The van der Waals surface area contributed by atoms with Gasteiger partial charge in [0, 0.05) is 5.69 Å². The summed E-state index contributed by atoms with van der Waals surface area (Å²) in [6, 6.07) is 14.3. The number of nitrogens with one attached hydrogen (secondary N) is 2. The molecule has 1 aromatic heterocycles. The Morgan fingerprint density at radius 3 is 2.62 bits per heavy atom. The predicted molar refractivity (Wildman–Crippen MR) is 102 cm³/mol. The first kappa shape index (κ1) is 17.7. The lowest BCUT2D eigenvalue weighted by atomic mass is 10.1. The molecule has 0 spiro atoms. The van der Waals surface area contributed by atoms with E-state index in [2.05, 4.69) is 15.6 Å². The van der Waals surface area contributed by atoms with Crippen molar-refractivity contribution >= 4 is 23.7 Å². The maximum Gasteiger partial charge on any atom is 0.280 e. The normalized spacial score (nSPS) is 11.0. The van der Waals surface area contributed by atoms with Crippen LogP contribution in [0, 0.1) is 13.8 Å². The number of carbonyl (C=O) groups excluding carboxylic acids is 1. The van der Waals surface area contributed by atoms with E-state index in [-0.39, 0.29) is 5.56 Å². The molecule has 0 aliphatic rings. The smallest absolute Gasteiger partial charge is 0.280 e. The van der Waals surface area contributed by atoms with Gasteiger partial charge in [-0.1, -0.05) is 35.9 Å². The van der Waals surface area contributed by atoms with E-state index in [0.717, 1.165) is 11.3 Å². The van der Waals surface area contributed by atoms with E-state index in [0.29, 0.717) is 21.8 Å². The van der Waals surface area contributed by atoms with Crippen LogP contribution < -0.4 is 11.0 Å². The summed E-state index contributed by atoms with van der Waals surface area (Å²) < 4.78 is 1.43. The Morgan fingerprint density at radius 1 is 1.19 bits per heavy atom. The number of aromatic amines is 1. The summed E-state index contributed by atoms with van der Waals surface area (Å²) in [7, 11) is 0. The largest absolute Gasteiger partial charge is 0.295 e. The third kappa shape index (κ3) is 3.60. The monoisotopic (exact) mass is 368 g/mol. The van der Waals surface area contributed by atoms with Crippen molar-refractivity contribution in [3.63, 3.8) is 0 Å². The van der Waals surface area contributed by atoms with Gasteiger partial charge in [0.2, 0.25) is 0 Å². The zero-order chi connectivity index (χ0) is 18.7. The number of hydrogen-bond acceptors (Lipinski definition) is 3. The summed E-state index contributed by atoms with van der Waals surface area (Å²) in [5.41, 5.74) is 5.15. The van der Waals surface area contributed by atoms with E-state index >= 15 is 0 Å². The fraction of sp³-hybridized carbons (Fsp3) is 0.105. The van der Waals surface area contributed by atoms with Crippen molar-refractivity contribution < 1.29 is 4.79 Å². The zero-order valence-corrected chi connectivity index (χ0v) is 15.0. The molecular formula is C19H17ClN4O2. The molecule has 26 heavy (non-hydrogen) atoms. The van der Waals surface area contributed by atoms with Crippen LogP contribution in [0.5, 0.6) is 0 Å². The molecular weight excluding hydrogens is 352 g/mol. The van der Waals surface area contributed by atoms with E-state index in [9.17, 15) is 9.59 Å². The molecule has 1 amide bonds. The van der Waals surface area contributed by atoms with Gasteiger partial charge in [0.25, 0.3) is 11.5 Å². The average molecular weight is 369 g/mol.